The lowest BCUT2D eigenvalue weighted by Gasteiger charge is -2.27. The predicted octanol–water partition coefficient (Wildman–Crippen LogP) is 4.18. The number of hydrogen-bond donors (Lipinski definition) is 2. The van der Waals surface area contributed by atoms with Crippen LogP contribution in [0.25, 0.3) is 11.4 Å². The molecule has 46 heavy (non-hydrogen) atoms. The Kier molecular flexibility index (Phi) is 11.2. The van der Waals surface area contributed by atoms with Crippen LogP contribution in [0.5, 0.6) is 0 Å². The van der Waals surface area contributed by atoms with Crippen molar-refractivity contribution in [2.75, 3.05) is 25.1 Å². The van der Waals surface area contributed by atoms with Crippen LogP contribution in [0.2, 0.25) is 0 Å². The van der Waals surface area contributed by atoms with Crippen molar-refractivity contribution in [3.8, 4) is 11.4 Å². The summed E-state index contributed by atoms with van der Waals surface area (Å²) in [6, 6.07) is 18.5. The molecule has 2 aromatic carbocycles. The average molecular weight is 643 g/mol. The smallest absolute Gasteiger partial charge is 0.257 e. The number of benzene rings is 2. The van der Waals surface area contributed by atoms with Crippen molar-refractivity contribution in [2.45, 2.75) is 58.3 Å². The van der Waals surface area contributed by atoms with Crippen LogP contribution in [-0.2, 0) is 22.7 Å². The Balaban J connectivity index is 1.46. The van der Waals surface area contributed by atoms with E-state index < -0.39 is 12.1 Å². The standard InChI is InChI=1S/C34H42N8O3S/c1-24(2)30-32-38-31(26-13-8-5-9-14-26)39-42(32)19-18-40(17-10-15-29(43)36-28(16-20-46-3)33(44)37-30)34(45)27-21-35-41(23-27)22-25-11-6-4-7-12-25/h4-9,11-14,21,23-24,28,30H,10,15-20,22H2,1-3H3,(H,36,43)(H,37,44)/t28-,30+/m0/s1. The molecule has 0 unspecified atom stereocenters. The van der Waals surface area contributed by atoms with Crippen LogP contribution >= 0.6 is 11.8 Å². The van der Waals surface area contributed by atoms with E-state index in [4.69, 9.17) is 10.1 Å². The average Bonchev–Trinajstić information content (AvgIpc) is 3.71. The predicted molar refractivity (Wildman–Crippen MR) is 179 cm³/mol. The first-order valence-corrected chi connectivity index (χ1v) is 17.2. The van der Waals surface area contributed by atoms with Gasteiger partial charge in [-0.05, 0) is 36.3 Å². The van der Waals surface area contributed by atoms with Crippen LogP contribution in [0, 0.1) is 5.92 Å². The molecule has 2 N–H and O–H groups in total. The van der Waals surface area contributed by atoms with Gasteiger partial charge >= 0.3 is 0 Å². The lowest BCUT2D eigenvalue weighted by atomic mass is 10.0. The molecular weight excluding hydrogens is 600 g/mol. The van der Waals surface area contributed by atoms with E-state index in [1.165, 1.54) is 0 Å². The van der Waals surface area contributed by atoms with E-state index in [1.807, 2.05) is 85.4 Å². The Bertz CT molecular complexity index is 1600. The van der Waals surface area contributed by atoms with E-state index in [1.54, 1.807) is 33.7 Å². The van der Waals surface area contributed by atoms with Gasteiger partial charge in [-0.15, -0.1) is 0 Å². The van der Waals surface area contributed by atoms with Crippen LogP contribution in [0.3, 0.4) is 0 Å². The maximum Gasteiger partial charge on any atom is 0.257 e. The van der Waals surface area contributed by atoms with E-state index in [0.717, 1.165) is 16.9 Å². The third kappa shape index (κ3) is 8.42. The fourth-order valence-electron chi connectivity index (χ4n) is 5.49. The normalized spacial score (nSPS) is 18.0. The first-order valence-electron chi connectivity index (χ1n) is 15.8. The first-order chi connectivity index (χ1) is 22.3. The van der Waals surface area contributed by atoms with Gasteiger partial charge in [-0.2, -0.15) is 22.0 Å². The number of hydrogen-bond acceptors (Lipinski definition) is 7. The van der Waals surface area contributed by atoms with Crippen LogP contribution in [0.4, 0.5) is 0 Å². The molecule has 2 atom stereocenters. The maximum atomic E-state index is 13.9. The summed E-state index contributed by atoms with van der Waals surface area (Å²) >= 11 is 1.62. The fourth-order valence-corrected chi connectivity index (χ4v) is 5.96. The summed E-state index contributed by atoms with van der Waals surface area (Å²) in [6.45, 7) is 5.66. The Morgan fingerprint density at radius 2 is 1.74 bits per heavy atom. The molecule has 1 aliphatic rings. The highest BCUT2D eigenvalue weighted by Crippen LogP contribution is 2.25. The molecule has 0 spiro atoms. The summed E-state index contributed by atoms with van der Waals surface area (Å²) < 4.78 is 3.57. The molecule has 2 aromatic heterocycles. The maximum absolute atomic E-state index is 13.9. The summed E-state index contributed by atoms with van der Waals surface area (Å²) in [5, 5.41) is 15.4. The number of thioether (sulfide) groups is 1. The van der Waals surface area contributed by atoms with Crippen LogP contribution in [0.1, 0.15) is 60.9 Å². The van der Waals surface area contributed by atoms with E-state index in [-0.39, 0.29) is 30.1 Å². The monoisotopic (exact) mass is 642 g/mol. The summed E-state index contributed by atoms with van der Waals surface area (Å²) in [4.78, 5) is 47.2. The zero-order valence-corrected chi connectivity index (χ0v) is 27.4. The second kappa shape index (κ2) is 15.7. The first kappa shape index (κ1) is 32.9. The molecule has 3 amide bonds. The summed E-state index contributed by atoms with van der Waals surface area (Å²) in [7, 11) is 0. The van der Waals surface area contributed by atoms with E-state index in [0.29, 0.717) is 56.2 Å². The Morgan fingerprint density at radius 1 is 1.00 bits per heavy atom. The van der Waals surface area contributed by atoms with Gasteiger partial charge in [0.15, 0.2) is 11.6 Å². The molecule has 242 valence electrons. The number of nitrogens with one attached hydrogen (secondary N) is 2. The van der Waals surface area contributed by atoms with Gasteiger partial charge in [-0.3, -0.25) is 19.1 Å². The molecule has 5 rings (SSSR count). The van der Waals surface area contributed by atoms with Crippen molar-refractivity contribution in [1.82, 2.24) is 40.1 Å². The van der Waals surface area contributed by atoms with Gasteiger partial charge in [-0.1, -0.05) is 74.5 Å². The van der Waals surface area contributed by atoms with Gasteiger partial charge in [0.05, 0.1) is 30.9 Å². The second-order valence-corrected chi connectivity index (χ2v) is 12.8. The molecular formula is C34H42N8O3S. The van der Waals surface area contributed by atoms with Crippen molar-refractivity contribution in [3.05, 3.63) is 90.0 Å². The zero-order valence-electron chi connectivity index (χ0n) is 26.6. The minimum atomic E-state index is -0.678. The summed E-state index contributed by atoms with van der Waals surface area (Å²) in [5.74, 6) is 1.25. The molecule has 0 radical (unpaired) electrons. The number of nitrogens with zero attached hydrogens (tertiary/aromatic N) is 6. The number of carbonyl (C=O) groups excluding carboxylic acids is 3. The number of amides is 3. The highest BCUT2D eigenvalue weighted by molar-refractivity contribution is 7.98. The minimum Gasteiger partial charge on any atom is -0.344 e. The molecule has 0 saturated carbocycles. The van der Waals surface area contributed by atoms with E-state index in [2.05, 4.69) is 15.7 Å². The number of aromatic nitrogens is 5. The molecule has 11 nitrogen and oxygen atoms in total. The van der Waals surface area contributed by atoms with Gasteiger partial charge < -0.3 is 15.5 Å². The van der Waals surface area contributed by atoms with Gasteiger partial charge in [0.2, 0.25) is 11.8 Å². The second-order valence-electron chi connectivity index (χ2n) is 11.8. The van der Waals surface area contributed by atoms with Gasteiger partial charge in [0, 0.05) is 31.3 Å². The van der Waals surface area contributed by atoms with Crippen LogP contribution in [0.15, 0.2) is 73.1 Å². The van der Waals surface area contributed by atoms with Crippen molar-refractivity contribution >= 4 is 29.5 Å². The topological polar surface area (TPSA) is 127 Å². The molecule has 0 saturated heterocycles. The van der Waals surface area contributed by atoms with Crippen LogP contribution < -0.4 is 10.6 Å². The molecule has 0 fully saturated rings. The highest BCUT2D eigenvalue weighted by atomic mass is 32.2. The quantitative estimate of drug-likeness (QED) is 0.295. The van der Waals surface area contributed by atoms with Crippen LogP contribution in [-0.4, -0.2) is 78.3 Å². The Labute approximate surface area is 274 Å². The minimum absolute atomic E-state index is 0.0199. The lowest BCUT2D eigenvalue weighted by molar-refractivity contribution is -0.129. The third-order valence-corrected chi connectivity index (χ3v) is 8.65. The zero-order chi connectivity index (χ0) is 32.5. The van der Waals surface area contributed by atoms with Crippen molar-refractivity contribution in [3.63, 3.8) is 0 Å². The van der Waals surface area contributed by atoms with Gasteiger partial charge in [0.1, 0.15) is 6.04 Å². The molecule has 0 bridgehead atoms. The molecule has 0 aliphatic carbocycles. The molecule has 12 heteroatoms. The van der Waals surface area contributed by atoms with Crippen molar-refractivity contribution in [1.29, 1.82) is 0 Å². The van der Waals surface area contributed by atoms with Gasteiger partial charge in [-0.25, -0.2) is 9.67 Å². The largest absolute Gasteiger partial charge is 0.344 e. The molecule has 4 aromatic rings. The molecule has 1 aliphatic heterocycles. The SMILES string of the molecule is CSCC[C@@H]1NC(=O)CCCN(C(=O)c2cnn(Cc3ccccc3)c2)CCn2nc(-c3ccccc3)nc2[C@@H](C(C)C)NC1=O. The fraction of sp³-hybridized carbons (Fsp3) is 0.412. The lowest BCUT2D eigenvalue weighted by Crippen LogP contribution is -2.49. The Morgan fingerprint density at radius 3 is 2.46 bits per heavy atom. The van der Waals surface area contributed by atoms with E-state index in [9.17, 15) is 14.4 Å². The molecule has 3 heterocycles. The van der Waals surface area contributed by atoms with Gasteiger partial charge in [0.25, 0.3) is 5.91 Å². The highest BCUT2D eigenvalue weighted by Gasteiger charge is 2.30. The third-order valence-electron chi connectivity index (χ3n) is 8.01. The Hall–Kier alpha value is -4.45. The van der Waals surface area contributed by atoms with E-state index >= 15 is 0 Å². The van der Waals surface area contributed by atoms with Crippen molar-refractivity contribution in [2.24, 2.45) is 5.92 Å². The number of rotatable bonds is 8. The summed E-state index contributed by atoms with van der Waals surface area (Å²) in [5.41, 5.74) is 2.43. The summed E-state index contributed by atoms with van der Waals surface area (Å²) in [6.07, 6.45) is 6.48. The number of fused-ring (bicyclic) bond motifs is 1. The number of carbonyl (C=O) groups is 3. The van der Waals surface area contributed by atoms with Crippen molar-refractivity contribution < 1.29 is 14.4 Å².